The van der Waals surface area contributed by atoms with Gasteiger partial charge >= 0.3 is 0 Å². The SMILES string of the molecule is CC.CC.CNNCc1ccc(C(=O)NC)cc1. The van der Waals surface area contributed by atoms with E-state index in [-0.39, 0.29) is 5.91 Å². The van der Waals surface area contributed by atoms with Crippen molar-refractivity contribution >= 4 is 5.91 Å². The highest BCUT2D eigenvalue weighted by Crippen LogP contribution is 2.03. The Morgan fingerprint density at radius 2 is 1.50 bits per heavy atom. The fourth-order valence-electron chi connectivity index (χ4n) is 1.11. The summed E-state index contributed by atoms with van der Waals surface area (Å²) < 4.78 is 0. The van der Waals surface area contributed by atoms with Crippen LogP contribution in [0.1, 0.15) is 43.6 Å². The average molecular weight is 253 g/mol. The van der Waals surface area contributed by atoms with Crippen LogP contribution in [0.15, 0.2) is 24.3 Å². The lowest BCUT2D eigenvalue weighted by Gasteiger charge is -2.04. The Morgan fingerprint density at radius 1 is 1.00 bits per heavy atom. The van der Waals surface area contributed by atoms with Gasteiger partial charge in [0, 0.05) is 19.2 Å². The Morgan fingerprint density at radius 3 is 1.89 bits per heavy atom. The second-order valence-corrected chi connectivity index (χ2v) is 2.88. The summed E-state index contributed by atoms with van der Waals surface area (Å²) in [6, 6.07) is 7.47. The van der Waals surface area contributed by atoms with Crippen molar-refractivity contribution in [2.45, 2.75) is 34.2 Å². The minimum atomic E-state index is -0.0573. The van der Waals surface area contributed by atoms with Crippen molar-refractivity contribution in [1.29, 1.82) is 0 Å². The molecule has 0 bridgehead atoms. The highest BCUT2D eigenvalue weighted by atomic mass is 16.1. The van der Waals surface area contributed by atoms with E-state index >= 15 is 0 Å². The third-order valence-electron chi connectivity index (χ3n) is 1.91. The van der Waals surface area contributed by atoms with Crippen LogP contribution in [0.5, 0.6) is 0 Å². The van der Waals surface area contributed by atoms with Gasteiger partial charge in [0.05, 0.1) is 0 Å². The van der Waals surface area contributed by atoms with E-state index in [1.807, 2.05) is 59.0 Å². The number of hydrazine groups is 1. The Labute approximate surface area is 111 Å². The maximum atomic E-state index is 11.2. The number of benzene rings is 1. The molecule has 0 aliphatic carbocycles. The minimum Gasteiger partial charge on any atom is -0.355 e. The van der Waals surface area contributed by atoms with E-state index in [1.165, 1.54) is 0 Å². The monoisotopic (exact) mass is 253 g/mol. The van der Waals surface area contributed by atoms with Crippen molar-refractivity contribution in [2.24, 2.45) is 0 Å². The largest absolute Gasteiger partial charge is 0.355 e. The van der Waals surface area contributed by atoms with Crippen LogP contribution in [0.4, 0.5) is 0 Å². The Balaban J connectivity index is 0. The molecule has 4 heteroatoms. The molecule has 1 aromatic rings. The normalized spacial score (nSPS) is 8.33. The van der Waals surface area contributed by atoms with Gasteiger partial charge in [-0.3, -0.25) is 15.6 Å². The van der Waals surface area contributed by atoms with Gasteiger partial charge in [-0.2, -0.15) is 0 Å². The standard InChI is InChI=1S/C10H15N3O.2C2H6/c1-11-10(14)9-5-3-8(4-6-9)7-13-12-2;2*1-2/h3-6,12-13H,7H2,1-2H3,(H,11,14);2*1-2H3. The third kappa shape index (κ3) is 7.81. The van der Waals surface area contributed by atoms with Crippen LogP contribution in [-0.2, 0) is 6.54 Å². The van der Waals surface area contributed by atoms with Gasteiger partial charge in [0.25, 0.3) is 5.91 Å². The first-order valence-electron chi connectivity index (χ1n) is 6.48. The molecule has 0 spiro atoms. The molecule has 0 saturated carbocycles. The summed E-state index contributed by atoms with van der Waals surface area (Å²) in [6.45, 7) is 8.74. The lowest BCUT2D eigenvalue weighted by Crippen LogP contribution is -2.26. The first-order chi connectivity index (χ1) is 8.77. The van der Waals surface area contributed by atoms with Crippen molar-refractivity contribution in [3.05, 3.63) is 35.4 Å². The van der Waals surface area contributed by atoms with Crippen molar-refractivity contribution in [3.8, 4) is 0 Å². The molecule has 0 atom stereocenters. The number of nitrogens with one attached hydrogen (secondary N) is 3. The maximum Gasteiger partial charge on any atom is 0.251 e. The predicted molar refractivity (Wildman–Crippen MR) is 78.4 cm³/mol. The molecule has 0 aliphatic heterocycles. The van der Waals surface area contributed by atoms with E-state index < -0.39 is 0 Å². The Hall–Kier alpha value is -1.39. The lowest BCUT2D eigenvalue weighted by molar-refractivity contribution is 0.0963. The molecule has 1 rings (SSSR count). The first-order valence-corrected chi connectivity index (χ1v) is 6.48. The average Bonchev–Trinajstić information content (AvgIpc) is 2.49. The fraction of sp³-hybridized carbons (Fsp3) is 0.500. The van der Waals surface area contributed by atoms with E-state index in [1.54, 1.807) is 7.05 Å². The van der Waals surface area contributed by atoms with Crippen LogP contribution in [0.2, 0.25) is 0 Å². The highest BCUT2D eigenvalue weighted by Gasteiger charge is 2.01. The zero-order chi connectivity index (χ0) is 14.4. The molecule has 0 fully saturated rings. The van der Waals surface area contributed by atoms with Crippen LogP contribution in [0.3, 0.4) is 0 Å². The molecule has 4 nitrogen and oxygen atoms in total. The van der Waals surface area contributed by atoms with E-state index in [0.717, 1.165) is 12.1 Å². The molecule has 18 heavy (non-hydrogen) atoms. The zero-order valence-corrected chi connectivity index (χ0v) is 12.4. The van der Waals surface area contributed by atoms with Crippen molar-refractivity contribution in [1.82, 2.24) is 16.2 Å². The summed E-state index contributed by atoms with van der Waals surface area (Å²) in [4.78, 5) is 11.2. The van der Waals surface area contributed by atoms with Gasteiger partial charge in [0.1, 0.15) is 0 Å². The molecule has 1 amide bonds. The molecular formula is C14H27N3O. The van der Waals surface area contributed by atoms with Crippen molar-refractivity contribution in [3.63, 3.8) is 0 Å². The van der Waals surface area contributed by atoms with E-state index in [9.17, 15) is 4.79 Å². The Kier molecular flexibility index (Phi) is 14.4. The van der Waals surface area contributed by atoms with Crippen LogP contribution in [0, 0.1) is 0 Å². The number of carbonyl (C=O) groups is 1. The molecule has 1 aromatic carbocycles. The fourth-order valence-corrected chi connectivity index (χ4v) is 1.11. The van der Waals surface area contributed by atoms with Crippen LogP contribution >= 0.6 is 0 Å². The summed E-state index contributed by atoms with van der Waals surface area (Å²) in [5.41, 5.74) is 7.62. The topological polar surface area (TPSA) is 53.2 Å². The van der Waals surface area contributed by atoms with Gasteiger partial charge in [-0.25, -0.2) is 0 Å². The number of rotatable bonds is 4. The van der Waals surface area contributed by atoms with E-state index in [2.05, 4.69) is 16.2 Å². The van der Waals surface area contributed by atoms with E-state index in [0.29, 0.717) is 5.56 Å². The van der Waals surface area contributed by atoms with Gasteiger partial charge in [0.2, 0.25) is 0 Å². The van der Waals surface area contributed by atoms with E-state index in [4.69, 9.17) is 0 Å². The van der Waals surface area contributed by atoms with Crippen LogP contribution in [-0.4, -0.2) is 20.0 Å². The summed E-state index contributed by atoms with van der Waals surface area (Å²) in [5, 5.41) is 2.58. The van der Waals surface area contributed by atoms with Crippen LogP contribution < -0.4 is 16.2 Å². The summed E-state index contributed by atoms with van der Waals surface area (Å²) in [7, 11) is 3.44. The molecule has 0 aromatic heterocycles. The van der Waals surface area contributed by atoms with Crippen molar-refractivity contribution < 1.29 is 4.79 Å². The predicted octanol–water partition coefficient (Wildman–Crippen LogP) is 2.32. The van der Waals surface area contributed by atoms with Gasteiger partial charge in [-0.05, 0) is 24.7 Å². The van der Waals surface area contributed by atoms with Gasteiger partial charge < -0.3 is 5.32 Å². The summed E-state index contributed by atoms with van der Waals surface area (Å²) in [5.74, 6) is -0.0573. The quantitative estimate of drug-likeness (QED) is 0.722. The number of amides is 1. The second-order valence-electron chi connectivity index (χ2n) is 2.88. The molecule has 104 valence electrons. The molecule has 0 aliphatic rings. The van der Waals surface area contributed by atoms with Gasteiger partial charge in [-0.1, -0.05) is 39.8 Å². The van der Waals surface area contributed by atoms with Crippen LogP contribution in [0.25, 0.3) is 0 Å². The van der Waals surface area contributed by atoms with Gasteiger partial charge in [0.15, 0.2) is 0 Å². The minimum absolute atomic E-state index is 0.0573. The highest BCUT2D eigenvalue weighted by molar-refractivity contribution is 5.93. The molecule has 0 saturated heterocycles. The lowest BCUT2D eigenvalue weighted by atomic mass is 10.1. The molecule has 3 N–H and O–H groups in total. The number of hydrogen-bond donors (Lipinski definition) is 3. The maximum absolute atomic E-state index is 11.2. The van der Waals surface area contributed by atoms with Gasteiger partial charge in [-0.15, -0.1) is 0 Å². The second kappa shape index (κ2) is 13.7. The third-order valence-corrected chi connectivity index (χ3v) is 1.91. The summed E-state index contributed by atoms with van der Waals surface area (Å²) in [6.07, 6.45) is 0. The zero-order valence-electron chi connectivity index (χ0n) is 12.4. The summed E-state index contributed by atoms with van der Waals surface area (Å²) >= 11 is 0. The first kappa shape index (κ1) is 19.0. The molecule has 0 unspecified atom stereocenters. The van der Waals surface area contributed by atoms with Crippen molar-refractivity contribution in [2.75, 3.05) is 14.1 Å². The molecule has 0 radical (unpaired) electrons. The molecule has 0 heterocycles. The number of carbonyl (C=O) groups excluding carboxylic acids is 1. The Bertz CT molecular complexity index is 296. The molecular weight excluding hydrogens is 226 g/mol. The smallest absolute Gasteiger partial charge is 0.251 e. The number of hydrogen-bond acceptors (Lipinski definition) is 3.